The van der Waals surface area contributed by atoms with Crippen LogP contribution in [0.1, 0.15) is 69.8 Å². The second-order valence-corrected chi connectivity index (χ2v) is 8.68. The van der Waals surface area contributed by atoms with Gasteiger partial charge in [0.05, 0.1) is 4.99 Å². The molecule has 2 aliphatic rings. The first-order valence-corrected chi connectivity index (χ1v) is 11.1. The van der Waals surface area contributed by atoms with E-state index < -0.39 is 0 Å². The van der Waals surface area contributed by atoms with Gasteiger partial charge in [-0.15, -0.1) is 0 Å². The molecule has 5 nitrogen and oxygen atoms in total. The van der Waals surface area contributed by atoms with Crippen molar-refractivity contribution in [3.63, 3.8) is 0 Å². The molecule has 3 heterocycles. The van der Waals surface area contributed by atoms with Crippen molar-refractivity contribution in [2.24, 2.45) is 5.92 Å². The number of rotatable bonds is 7. The van der Waals surface area contributed by atoms with Gasteiger partial charge >= 0.3 is 0 Å². The minimum absolute atomic E-state index is 0.108. The van der Waals surface area contributed by atoms with Crippen molar-refractivity contribution in [3.8, 4) is 0 Å². The molecule has 1 saturated heterocycles. The smallest absolute Gasteiger partial charge is 0.228 e. The molecule has 4 rings (SSSR count). The fourth-order valence-corrected chi connectivity index (χ4v) is 4.49. The number of unbranched alkanes of at least 4 members (excludes halogenated alkanes) is 2. The summed E-state index contributed by atoms with van der Waals surface area (Å²) in [4.78, 5) is 23.5. The normalized spacial score (nSPS) is 17.8. The van der Waals surface area contributed by atoms with Gasteiger partial charge in [0.25, 0.3) is 0 Å². The van der Waals surface area contributed by atoms with Gasteiger partial charge in [0, 0.05) is 30.6 Å². The van der Waals surface area contributed by atoms with E-state index in [4.69, 9.17) is 12.2 Å². The lowest BCUT2D eigenvalue weighted by Gasteiger charge is -2.34. The van der Waals surface area contributed by atoms with Gasteiger partial charge in [-0.3, -0.25) is 4.79 Å². The summed E-state index contributed by atoms with van der Waals surface area (Å²) in [6.07, 6.45) is 10.9. The van der Waals surface area contributed by atoms with Crippen LogP contribution in [0.25, 0.3) is 11.0 Å². The largest absolute Gasteiger partial charge is 0.366 e. The summed E-state index contributed by atoms with van der Waals surface area (Å²) < 4.78 is 0. The van der Waals surface area contributed by atoms with Crippen molar-refractivity contribution in [1.29, 1.82) is 0 Å². The number of likely N-dealkylation sites (tertiary alicyclic amines) is 1. The number of aromatic amines is 1. The van der Waals surface area contributed by atoms with Crippen molar-refractivity contribution in [2.45, 2.75) is 64.2 Å². The topological polar surface area (TPSA) is 61.0 Å². The highest BCUT2D eigenvalue weighted by atomic mass is 32.1. The van der Waals surface area contributed by atoms with Crippen LogP contribution in [0.4, 0.5) is 5.82 Å². The second kappa shape index (κ2) is 8.60. The van der Waals surface area contributed by atoms with Crippen molar-refractivity contribution < 1.29 is 4.79 Å². The zero-order valence-corrected chi connectivity index (χ0v) is 17.5. The summed E-state index contributed by atoms with van der Waals surface area (Å²) in [5.74, 6) is 1.45. The summed E-state index contributed by atoms with van der Waals surface area (Å²) in [5, 5.41) is 4.19. The van der Waals surface area contributed by atoms with E-state index in [0.29, 0.717) is 11.7 Å². The second-order valence-electron chi connectivity index (χ2n) is 8.21. The van der Waals surface area contributed by atoms with Crippen molar-refractivity contribution >= 4 is 40.0 Å². The molecule has 2 N–H and O–H groups in total. The Labute approximate surface area is 172 Å². The van der Waals surface area contributed by atoms with Crippen molar-refractivity contribution in [3.05, 3.63) is 23.9 Å². The number of carbonyl (C=O) groups is 1. The van der Waals surface area contributed by atoms with Crippen LogP contribution < -0.4 is 5.32 Å². The Morgan fingerprint density at radius 1 is 1.29 bits per heavy atom. The maximum absolute atomic E-state index is 12.2. The zero-order chi connectivity index (χ0) is 19.5. The summed E-state index contributed by atoms with van der Waals surface area (Å²) in [7, 11) is 0. The molecule has 1 aliphatic heterocycles. The van der Waals surface area contributed by atoms with Crippen LogP contribution >= 0.6 is 12.2 Å². The number of hydrogen-bond acceptors (Lipinski definition) is 3. The van der Waals surface area contributed by atoms with Gasteiger partial charge in [0.15, 0.2) is 0 Å². The molecule has 0 radical (unpaired) electrons. The first kappa shape index (κ1) is 19.4. The fourth-order valence-electron chi connectivity index (χ4n) is 4.16. The predicted octanol–water partition coefficient (Wildman–Crippen LogP) is 5.00. The Bertz CT molecular complexity index is 849. The monoisotopic (exact) mass is 398 g/mol. The molecule has 0 spiro atoms. The molecule has 1 saturated carbocycles. The average molecular weight is 399 g/mol. The third kappa shape index (κ3) is 4.37. The van der Waals surface area contributed by atoms with Crippen LogP contribution in [0.15, 0.2) is 18.3 Å². The maximum atomic E-state index is 12.2. The molecule has 2 aromatic rings. The van der Waals surface area contributed by atoms with Gasteiger partial charge in [-0.1, -0.05) is 32.0 Å². The quantitative estimate of drug-likeness (QED) is 0.509. The Hall–Kier alpha value is -1.95. The molecule has 6 heteroatoms. The van der Waals surface area contributed by atoms with Crippen LogP contribution in [0.5, 0.6) is 0 Å². The molecule has 28 heavy (non-hydrogen) atoms. The Morgan fingerprint density at radius 2 is 2.07 bits per heavy atom. The highest BCUT2D eigenvalue weighted by Gasteiger charge is 2.30. The SMILES string of the molecule is CCCCCC(=S)N1CCC(c2cc(NC(=O)C3CC3)nc3[nH]ccc23)CC1. The van der Waals surface area contributed by atoms with Crippen LogP contribution in [0.3, 0.4) is 0 Å². The Kier molecular flexibility index (Phi) is 5.95. The summed E-state index contributed by atoms with van der Waals surface area (Å²) in [6.45, 7) is 4.27. The lowest BCUT2D eigenvalue weighted by molar-refractivity contribution is -0.117. The summed E-state index contributed by atoms with van der Waals surface area (Å²) in [6, 6.07) is 4.20. The van der Waals surface area contributed by atoms with Crippen LogP contribution in [-0.2, 0) is 4.79 Å². The molecule has 2 fully saturated rings. The number of fused-ring (bicyclic) bond motifs is 1. The van der Waals surface area contributed by atoms with Gasteiger partial charge in [-0.25, -0.2) is 4.98 Å². The van der Waals surface area contributed by atoms with E-state index in [2.05, 4.69) is 39.2 Å². The van der Waals surface area contributed by atoms with E-state index in [1.54, 1.807) is 0 Å². The zero-order valence-electron chi connectivity index (χ0n) is 16.7. The number of nitrogens with one attached hydrogen (secondary N) is 2. The van der Waals surface area contributed by atoms with Gasteiger partial charge in [0.2, 0.25) is 5.91 Å². The van der Waals surface area contributed by atoms with E-state index in [0.717, 1.165) is 55.8 Å². The Morgan fingerprint density at radius 3 is 2.79 bits per heavy atom. The molecule has 150 valence electrons. The van der Waals surface area contributed by atoms with Crippen LogP contribution in [0, 0.1) is 5.92 Å². The molecular weight excluding hydrogens is 368 g/mol. The molecular formula is C22H30N4OS. The third-order valence-corrected chi connectivity index (χ3v) is 6.50. The van der Waals surface area contributed by atoms with Crippen LogP contribution in [0.2, 0.25) is 0 Å². The van der Waals surface area contributed by atoms with Gasteiger partial charge in [-0.05, 0) is 62.1 Å². The molecule has 1 aliphatic carbocycles. The number of anilines is 1. The number of hydrogen-bond donors (Lipinski definition) is 2. The average Bonchev–Trinajstić information content (AvgIpc) is 3.46. The lowest BCUT2D eigenvalue weighted by Crippen LogP contribution is -2.36. The van der Waals surface area contributed by atoms with E-state index in [-0.39, 0.29) is 11.8 Å². The highest BCUT2D eigenvalue weighted by Crippen LogP contribution is 2.35. The number of thiocarbonyl (C=S) groups is 1. The molecule has 0 unspecified atom stereocenters. The minimum atomic E-state index is 0.108. The maximum Gasteiger partial charge on any atom is 0.228 e. The van der Waals surface area contributed by atoms with Gasteiger partial charge in [-0.2, -0.15) is 0 Å². The first-order chi connectivity index (χ1) is 13.7. The number of carbonyl (C=O) groups excluding carboxylic acids is 1. The van der Waals surface area contributed by atoms with E-state index in [1.165, 1.54) is 30.2 Å². The molecule has 1 amide bonds. The minimum Gasteiger partial charge on any atom is -0.366 e. The van der Waals surface area contributed by atoms with E-state index in [1.807, 2.05) is 6.20 Å². The first-order valence-electron chi connectivity index (χ1n) is 10.7. The number of aromatic nitrogens is 2. The van der Waals surface area contributed by atoms with Crippen LogP contribution in [-0.4, -0.2) is 38.9 Å². The van der Waals surface area contributed by atoms with Crippen molar-refractivity contribution in [2.75, 3.05) is 18.4 Å². The standard InChI is InChI=1S/C22H30N4OS/c1-2-3-4-5-20(28)26-12-9-15(10-13-26)18-14-19(25-22(27)16-6-7-16)24-21-17(18)8-11-23-21/h8,11,14-16H,2-7,9-10,12-13H2,1H3,(H2,23,24,25,27). The molecule has 0 bridgehead atoms. The highest BCUT2D eigenvalue weighted by molar-refractivity contribution is 7.80. The molecule has 2 aromatic heterocycles. The van der Waals surface area contributed by atoms with E-state index in [9.17, 15) is 4.79 Å². The van der Waals surface area contributed by atoms with E-state index >= 15 is 0 Å². The number of nitrogens with zero attached hydrogens (tertiary/aromatic N) is 2. The molecule has 0 aromatic carbocycles. The lowest BCUT2D eigenvalue weighted by atomic mass is 9.88. The number of piperidine rings is 1. The third-order valence-electron chi connectivity index (χ3n) is 6.04. The summed E-state index contributed by atoms with van der Waals surface area (Å²) in [5.41, 5.74) is 2.16. The summed E-state index contributed by atoms with van der Waals surface area (Å²) >= 11 is 5.67. The van der Waals surface area contributed by atoms with Gasteiger partial charge in [0.1, 0.15) is 11.5 Å². The molecule has 0 atom stereocenters. The van der Waals surface area contributed by atoms with Crippen molar-refractivity contribution in [1.82, 2.24) is 14.9 Å². The number of amides is 1. The number of pyridine rings is 1. The predicted molar refractivity (Wildman–Crippen MR) is 118 cm³/mol. The van der Waals surface area contributed by atoms with Gasteiger partial charge < -0.3 is 15.2 Å². The fraction of sp³-hybridized carbons (Fsp3) is 0.591. The number of H-pyrrole nitrogens is 1. The Balaban J connectivity index is 1.44.